The predicted octanol–water partition coefficient (Wildman–Crippen LogP) is 3.37. The Morgan fingerprint density at radius 2 is 1.68 bits per heavy atom. The first-order chi connectivity index (χ1) is 12.2. The van der Waals surface area contributed by atoms with Gasteiger partial charge in [0, 0.05) is 25.1 Å². The van der Waals surface area contributed by atoms with Crippen molar-refractivity contribution in [3.05, 3.63) is 78.1 Å². The highest BCUT2D eigenvalue weighted by molar-refractivity contribution is 6.02. The third-order valence-corrected chi connectivity index (χ3v) is 3.63. The topological polar surface area (TPSA) is 84.5 Å². The molecule has 0 spiro atoms. The zero-order chi connectivity index (χ0) is 17.5. The summed E-state index contributed by atoms with van der Waals surface area (Å²) in [5, 5.41) is 5.60. The monoisotopic (exact) mass is 338 g/mol. The zero-order valence-corrected chi connectivity index (χ0v) is 13.5. The van der Waals surface area contributed by atoms with Gasteiger partial charge in [0.2, 0.25) is 5.91 Å². The summed E-state index contributed by atoms with van der Waals surface area (Å²) in [6, 6.07) is 14.2. The van der Waals surface area contributed by atoms with Crippen LogP contribution in [0.15, 0.2) is 69.9 Å². The molecule has 0 aliphatic rings. The number of aryl methyl sites for hydroxylation is 1. The lowest BCUT2D eigenvalue weighted by Crippen LogP contribution is -2.22. The van der Waals surface area contributed by atoms with Crippen molar-refractivity contribution in [3.63, 3.8) is 0 Å². The van der Waals surface area contributed by atoms with Crippen LogP contribution >= 0.6 is 0 Å². The summed E-state index contributed by atoms with van der Waals surface area (Å²) >= 11 is 0. The normalized spacial score (nSPS) is 10.4. The molecule has 2 heterocycles. The van der Waals surface area contributed by atoms with E-state index in [0.717, 1.165) is 11.3 Å². The lowest BCUT2D eigenvalue weighted by atomic mass is 10.2. The number of hydrogen-bond acceptors (Lipinski definition) is 4. The van der Waals surface area contributed by atoms with E-state index in [1.54, 1.807) is 36.6 Å². The second kappa shape index (κ2) is 8.01. The second-order valence-corrected chi connectivity index (χ2v) is 5.48. The molecule has 3 aromatic rings. The summed E-state index contributed by atoms with van der Waals surface area (Å²) in [6.45, 7) is 0.434. The van der Waals surface area contributed by atoms with Gasteiger partial charge < -0.3 is 19.5 Å². The molecule has 3 rings (SSSR count). The molecule has 0 unspecified atom stereocenters. The van der Waals surface area contributed by atoms with E-state index in [1.807, 2.05) is 18.2 Å². The molecule has 0 saturated carbocycles. The Morgan fingerprint density at radius 3 is 2.36 bits per heavy atom. The molecule has 2 amide bonds. The molecule has 1 aromatic carbocycles. The fourth-order valence-electron chi connectivity index (χ4n) is 2.29. The van der Waals surface area contributed by atoms with Gasteiger partial charge in [-0.25, -0.2) is 0 Å². The van der Waals surface area contributed by atoms with Gasteiger partial charge in [0.25, 0.3) is 5.91 Å². The molecule has 0 radical (unpaired) electrons. The van der Waals surface area contributed by atoms with Crippen molar-refractivity contribution in [3.8, 4) is 0 Å². The van der Waals surface area contributed by atoms with Crippen molar-refractivity contribution in [1.82, 2.24) is 5.32 Å². The van der Waals surface area contributed by atoms with Crippen LogP contribution in [0.2, 0.25) is 0 Å². The predicted molar refractivity (Wildman–Crippen MR) is 92.0 cm³/mol. The lowest BCUT2D eigenvalue weighted by Gasteiger charge is -2.07. The molecule has 2 N–H and O–H groups in total. The summed E-state index contributed by atoms with van der Waals surface area (Å²) in [6.07, 6.45) is 4.01. The van der Waals surface area contributed by atoms with Crippen molar-refractivity contribution < 1.29 is 18.4 Å². The largest absolute Gasteiger partial charge is 0.469 e. The van der Waals surface area contributed by atoms with Gasteiger partial charge >= 0.3 is 0 Å². The van der Waals surface area contributed by atoms with E-state index in [9.17, 15) is 9.59 Å². The van der Waals surface area contributed by atoms with E-state index in [-0.39, 0.29) is 17.6 Å². The Labute approximate surface area is 144 Å². The molecule has 0 bridgehead atoms. The minimum absolute atomic E-state index is 0.0356. The third-order valence-electron chi connectivity index (χ3n) is 3.63. The molecule has 0 fully saturated rings. The Kier molecular flexibility index (Phi) is 5.31. The van der Waals surface area contributed by atoms with Gasteiger partial charge in [0.05, 0.1) is 12.5 Å². The maximum absolute atomic E-state index is 11.9. The highest BCUT2D eigenvalue weighted by Crippen LogP contribution is 2.12. The van der Waals surface area contributed by atoms with E-state index in [2.05, 4.69) is 10.6 Å². The fourth-order valence-corrected chi connectivity index (χ4v) is 2.29. The average Bonchev–Trinajstić information content (AvgIpc) is 3.33. The number of benzene rings is 1. The van der Waals surface area contributed by atoms with Crippen molar-refractivity contribution in [1.29, 1.82) is 0 Å². The van der Waals surface area contributed by atoms with Crippen LogP contribution in [0.25, 0.3) is 0 Å². The Balaban J connectivity index is 1.44. The summed E-state index contributed by atoms with van der Waals surface area (Å²) in [4.78, 5) is 23.7. The third kappa shape index (κ3) is 4.84. The summed E-state index contributed by atoms with van der Waals surface area (Å²) in [5.41, 5.74) is 1.61. The molecule has 6 heteroatoms. The highest BCUT2D eigenvalue weighted by atomic mass is 16.3. The molecule has 25 heavy (non-hydrogen) atoms. The average molecular weight is 338 g/mol. The number of anilines is 1. The van der Waals surface area contributed by atoms with Crippen LogP contribution in [0.5, 0.6) is 0 Å². The van der Waals surface area contributed by atoms with Crippen LogP contribution in [0, 0.1) is 0 Å². The number of nitrogens with one attached hydrogen (secondary N) is 2. The Morgan fingerprint density at radius 1 is 0.920 bits per heavy atom. The van der Waals surface area contributed by atoms with Gasteiger partial charge in [0.15, 0.2) is 5.76 Å². The van der Waals surface area contributed by atoms with Crippen LogP contribution in [-0.2, 0) is 17.8 Å². The summed E-state index contributed by atoms with van der Waals surface area (Å²) < 4.78 is 10.2. The smallest absolute Gasteiger partial charge is 0.291 e. The van der Waals surface area contributed by atoms with Crippen molar-refractivity contribution in [2.24, 2.45) is 0 Å². The quantitative estimate of drug-likeness (QED) is 0.692. The van der Waals surface area contributed by atoms with Crippen molar-refractivity contribution in [2.75, 3.05) is 5.32 Å². The molecule has 128 valence electrons. The standard InChI is InChI=1S/C19H18N2O4/c22-18(10-9-16-3-1-11-24-16)20-13-14-5-7-15(8-6-14)21-19(23)17-4-2-12-25-17/h1-8,11-12H,9-10,13H2,(H,20,22)(H,21,23). The molecular weight excluding hydrogens is 320 g/mol. The Hall–Kier alpha value is -3.28. The minimum Gasteiger partial charge on any atom is -0.469 e. The van der Waals surface area contributed by atoms with Gasteiger partial charge in [-0.2, -0.15) is 0 Å². The molecule has 0 aliphatic carbocycles. The SMILES string of the molecule is O=C(CCc1ccco1)NCc1ccc(NC(=O)c2ccco2)cc1. The summed E-state index contributed by atoms with van der Waals surface area (Å²) in [7, 11) is 0. The second-order valence-electron chi connectivity index (χ2n) is 5.48. The number of amides is 2. The molecule has 0 atom stereocenters. The molecule has 0 aliphatic heterocycles. The van der Waals surface area contributed by atoms with Gasteiger partial charge in [-0.05, 0) is 42.0 Å². The molecule has 6 nitrogen and oxygen atoms in total. The number of hydrogen-bond donors (Lipinski definition) is 2. The van der Waals surface area contributed by atoms with Crippen LogP contribution in [0.3, 0.4) is 0 Å². The van der Waals surface area contributed by atoms with Gasteiger partial charge in [-0.15, -0.1) is 0 Å². The fraction of sp³-hybridized carbons (Fsp3) is 0.158. The molecule has 0 saturated heterocycles. The first-order valence-electron chi connectivity index (χ1n) is 7.93. The van der Waals surface area contributed by atoms with E-state index in [4.69, 9.17) is 8.83 Å². The highest BCUT2D eigenvalue weighted by Gasteiger charge is 2.08. The van der Waals surface area contributed by atoms with E-state index in [0.29, 0.717) is 25.1 Å². The van der Waals surface area contributed by atoms with Gasteiger partial charge in [0.1, 0.15) is 5.76 Å². The van der Waals surface area contributed by atoms with E-state index < -0.39 is 0 Å². The van der Waals surface area contributed by atoms with Crippen LogP contribution in [0.4, 0.5) is 5.69 Å². The molecular formula is C19H18N2O4. The Bertz CT molecular complexity index is 806. The minimum atomic E-state index is -0.302. The maximum Gasteiger partial charge on any atom is 0.291 e. The van der Waals surface area contributed by atoms with Crippen molar-refractivity contribution >= 4 is 17.5 Å². The van der Waals surface area contributed by atoms with Crippen LogP contribution < -0.4 is 10.6 Å². The number of carbonyl (C=O) groups excluding carboxylic acids is 2. The first-order valence-corrected chi connectivity index (χ1v) is 7.93. The van der Waals surface area contributed by atoms with Gasteiger partial charge in [-0.3, -0.25) is 9.59 Å². The van der Waals surface area contributed by atoms with Gasteiger partial charge in [-0.1, -0.05) is 12.1 Å². The van der Waals surface area contributed by atoms with E-state index in [1.165, 1.54) is 6.26 Å². The maximum atomic E-state index is 11.9. The van der Waals surface area contributed by atoms with Crippen molar-refractivity contribution in [2.45, 2.75) is 19.4 Å². The first kappa shape index (κ1) is 16.6. The number of furan rings is 2. The van der Waals surface area contributed by atoms with E-state index >= 15 is 0 Å². The van der Waals surface area contributed by atoms with Crippen LogP contribution in [0.1, 0.15) is 28.3 Å². The van der Waals surface area contributed by atoms with Crippen LogP contribution in [-0.4, -0.2) is 11.8 Å². The zero-order valence-electron chi connectivity index (χ0n) is 13.5. The number of rotatable bonds is 7. The molecule has 2 aromatic heterocycles. The summed E-state index contributed by atoms with van der Waals surface area (Å²) in [5.74, 6) is 0.718. The lowest BCUT2D eigenvalue weighted by molar-refractivity contribution is -0.121. The number of carbonyl (C=O) groups is 2.